The lowest BCUT2D eigenvalue weighted by Crippen LogP contribution is -2.48. The van der Waals surface area contributed by atoms with E-state index in [2.05, 4.69) is 5.32 Å². The van der Waals surface area contributed by atoms with Gasteiger partial charge in [-0.1, -0.05) is 0 Å². The summed E-state index contributed by atoms with van der Waals surface area (Å²) in [5.74, 6) is -1.02. The zero-order valence-electron chi connectivity index (χ0n) is 10.9. The zero-order valence-corrected chi connectivity index (χ0v) is 10.9. The number of ether oxygens (including phenoxy) is 1. The fourth-order valence-electron chi connectivity index (χ4n) is 1.31. The Labute approximate surface area is 102 Å². The Kier molecular flexibility index (Phi) is 7.29. The Hall–Kier alpha value is -1.30. The lowest BCUT2D eigenvalue weighted by molar-refractivity contribution is -0.138. The molecular formula is C11H22N2O4. The minimum Gasteiger partial charge on any atom is -0.480 e. The molecule has 17 heavy (non-hydrogen) atoms. The molecule has 0 heterocycles. The van der Waals surface area contributed by atoms with Crippen molar-refractivity contribution in [1.82, 2.24) is 10.2 Å². The highest BCUT2D eigenvalue weighted by atomic mass is 16.5. The molecule has 0 aliphatic heterocycles. The van der Waals surface area contributed by atoms with Crippen molar-refractivity contribution < 1.29 is 19.4 Å². The van der Waals surface area contributed by atoms with Crippen molar-refractivity contribution in [3.8, 4) is 0 Å². The van der Waals surface area contributed by atoms with E-state index < -0.39 is 5.97 Å². The summed E-state index contributed by atoms with van der Waals surface area (Å²) in [7, 11) is 0. The summed E-state index contributed by atoms with van der Waals surface area (Å²) in [4.78, 5) is 23.6. The van der Waals surface area contributed by atoms with E-state index >= 15 is 0 Å². The number of carbonyl (C=O) groups is 2. The van der Waals surface area contributed by atoms with Gasteiger partial charge in [0.1, 0.15) is 6.54 Å². The van der Waals surface area contributed by atoms with Crippen molar-refractivity contribution in [3.05, 3.63) is 0 Å². The second-order valence-electron chi connectivity index (χ2n) is 4.07. The van der Waals surface area contributed by atoms with E-state index in [1.165, 1.54) is 4.90 Å². The summed E-state index contributed by atoms with van der Waals surface area (Å²) in [6.45, 7) is 7.93. The molecule has 2 amide bonds. The van der Waals surface area contributed by atoms with Crippen LogP contribution in [0, 0.1) is 0 Å². The number of nitrogens with zero attached hydrogens (tertiary/aromatic N) is 1. The van der Waals surface area contributed by atoms with Crippen molar-refractivity contribution in [1.29, 1.82) is 0 Å². The normalized spacial score (nSPS) is 12.3. The second kappa shape index (κ2) is 7.89. The highest BCUT2D eigenvalue weighted by molar-refractivity contribution is 5.80. The van der Waals surface area contributed by atoms with Gasteiger partial charge in [-0.05, 0) is 27.7 Å². The van der Waals surface area contributed by atoms with Gasteiger partial charge in [0.05, 0.1) is 6.10 Å². The molecule has 100 valence electrons. The molecule has 0 saturated carbocycles. The lowest BCUT2D eigenvalue weighted by Gasteiger charge is -2.25. The summed E-state index contributed by atoms with van der Waals surface area (Å²) in [5, 5.41) is 11.3. The zero-order chi connectivity index (χ0) is 13.4. The third-order valence-corrected chi connectivity index (χ3v) is 2.18. The number of hydrogen-bond acceptors (Lipinski definition) is 3. The summed E-state index contributed by atoms with van der Waals surface area (Å²) in [5.41, 5.74) is 0. The first-order valence-electron chi connectivity index (χ1n) is 5.76. The predicted octanol–water partition coefficient (Wildman–Crippen LogP) is 0.916. The fourth-order valence-corrected chi connectivity index (χ4v) is 1.31. The minimum atomic E-state index is -1.02. The van der Waals surface area contributed by atoms with Crippen LogP contribution in [-0.2, 0) is 9.53 Å². The smallest absolute Gasteiger partial charge is 0.323 e. The monoisotopic (exact) mass is 246 g/mol. The van der Waals surface area contributed by atoms with Crippen LogP contribution in [0.2, 0.25) is 0 Å². The van der Waals surface area contributed by atoms with Gasteiger partial charge in [-0.15, -0.1) is 0 Å². The third kappa shape index (κ3) is 6.78. The van der Waals surface area contributed by atoms with Crippen molar-refractivity contribution in [2.24, 2.45) is 0 Å². The number of carboxylic acid groups (broad SMARTS) is 1. The minimum absolute atomic E-state index is 0.0807. The van der Waals surface area contributed by atoms with Crippen LogP contribution in [0.4, 0.5) is 4.79 Å². The third-order valence-electron chi connectivity index (χ3n) is 2.18. The first kappa shape index (κ1) is 15.7. The van der Waals surface area contributed by atoms with Gasteiger partial charge < -0.3 is 20.1 Å². The van der Waals surface area contributed by atoms with Crippen LogP contribution >= 0.6 is 0 Å². The van der Waals surface area contributed by atoms with E-state index in [4.69, 9.17) is 9.84 Å². The van der Waals surface area contributed by atoms with Crippen LogP contribution in [0.5, 0.6) is 0 Å². The van der Waals surface area contributed by atoms with E-state index in [1.807, 2.05) is 13.8 Å². The molecule has 1 atom stereocenters. The molecule has 0 spiro atoms. The van der Waals surface area contributed by atoms with E-state index in [-0.39, 0.29) is 24.7 Å². The van der Waals surface area contributed by atoms with Crippen LogP contribution in [0.3, 0.4) is 0 Å². The molecule has 0 fully saturated rings. The Bertz CT molecular complexity index is 256. The van der Waals surface area contributed by atoms with E-state index in [0.29, 0.717) is 13.2 Å². The number of aliphatic carboxylic acids is 1. The number of carboxylic acids is 1. The average Bonchev–Trinajstić information content (AvgIpc) is 2.22. The molecule has 0 radical (unpaired) electrons. The quantitative estimate of drug-likeness (QED) is 0.700. The number of urea groups is 1. The van der Waals surface area contributed by atoms with Gasteiger partial charge in [-0.2, -0.15) is 0 Å². The van der Waals surface area contributed by atoms with Crippen LogP contribution in [0.15, 0.2) is 0 Å². The largest absolute Gasteiger partial charge is 0.480 e. The average molecular weight is 246 g/mol. The first-order chi connectivity index (χ1) is 7.88. The molecule has 6 nitrogen and oxygen atoms in total. The molecular weight excluding hydrogens is 224 g/mol. The molecule has 0 aromatic rings. The molecule has 0 rings (SSSR count). The molecule has 0 bridgehead atoms. The molecule has 2 N–H and O–H groups in total. The number of nitrogens with one attached hydrogen (secondary N) is 1. The van der Waals surface area contributed by atoms with Gasteiger partial charge in [-0.3, -0.25) is 4.79 Å². The highest BCUT2D eigenvalue weighted by Gasteiger charge is 2.19. The molecule has 0 aliphatic carbocycles. The van der Waals surface area contributed by atoms with Crippen molar-refractivity contribution >= 4 is 12.0 Å². The maximum absolute atomic E-state index is 11.7. The van der Waals surface area contributed by atoms with Crippen LogP contribution in [-0.4, -0.2) is 53.8 Å². The lowest BCUT2D eigenvalue weighted by atomic mass is 10.3. The molecule has 0 saturated heterocycles. The standard InChI is InChI=1S/C11H22N2O4/c1-5-17-9(4)6-12-11(16)13(8(2)3)7-10(14)15/h8-9H,5-7H2,1-4H3,(H,12,16)(H,14,15). The Balaban J connectivity index is 4.19. The first-order valence-corrected chi connectivity index (χ1v) is 5.76. The Morgan fingerprint density at radius 1 is 1.35 bits per heavy atom. The number of amides is 2. The highest BCUT2D eigenvalue weighted by Crippen LogP contribution is 1.99. The number of hydrogen-bond donors (Lipinski definition) is 2. The van der Waals surface area contributed by atoms with Crippen LogP contribution in [0.25, 0.3) is 0 Å². The van der Waals surface area contributed by atoms with E-state index in [0.717, 1.165) is 0 Å². The maximum Gasteiger partial charge on any atom is 0.323 e. The molecule has 0 aromatic carbocycles. The Morgan fingerprint density at radius 2 is 1.94 bits per heavy atom. The van der Waals surface area contributed by atoms with E-state index in [1.54, 1.807) is 13.8 Å². The van der Waals surface area contributed by atoms with Crippen molar-refractivity contribution in [2.75, 3.05) is 19.7 Å². The van der Waals surface area contributed by atoms with Crippen LogP contribution in [0.1, 0.15) is 27.7 Å². The predicted molar refractivity (Wildman–Crippen MR) is 64.0 cm³/mol. The van der Waals surface area contributed by atoms with Crippen LogP contribution < -0.4 is 5.32 Å². The summed E-state index contributed by atoms with van der Waals surface area (Å²) in [6, 6.07) is -0.539. The molecule has 0 aromatic heterocycles. The molecule has 6 heteroatoms. The summed E-state index contributed by atoms with van der Waals surface area (Å²) < 4.78 is 5.26. The summed E-state index contributed by atoms with van der Waals surface area (Å²) >= 11 is 0. The van der Waals surface area contributed by atoms with Gasteiger partial charge >= 0.3 is 12.0 Å². The topological polar surface area (TPSA) is 78.9 Å². The SMILES string of the molecule is CCOC(C)CNC(=O)N(CC(=O)O)C(C)C. The fraction of sp³-hybridized carbons (Fsp3) is 0.818. The van der Waals surface area contributed by atoms with Gasteiger partial charge in [0.2, 0.25) is 0 Å². The summed E-state index contributed by atoms with van der Waals surface area (Å²) in [6.07, 6.45) is -0.0807. The number of carbonyl (C=O) groups excluding carboxylic acids is 1. The second-order valence-corrected chi connectivity index (χ2v) is 4.07. The van der Waals surface area contributed by atoms with Crippen molar-refractivity contribution in [3.63, 3.8) is 0 Å². The van der Waals surface area contributed by atoms with Gasteiger partial charge in [0, 0.05) is 19.2 Å². The van der Waals surface area contributed by atoms with Gasteiger partial charge in [0.25, 0.3) is 0 Å². The Morgan fingerprint density at radius 3 is 2.35 bits per heavy atom. The van der Waals surface area contributed by atoms with Crippen molar-refractivity contribution in [2.45, 2.75) is 39.8 Å². The molecule has 0 aliphatic rings. The maximum atomic E-state index is 11.7. The molecule has 1 unspecified atom stereocenters. The number of rotatable bonds is 7. The van der Waals surface area contributed by atoms with Gasteiger partial charge in [-0.25, -0.2) is 4.79 Å². The van der Waals surface area contributed by atoms with E-state index in [9.17, 15) is 9.59 Å². The van der Waals surface area contributed by atoms with Gasteiger partial charge in [0.15, 0.2) is 0 Å².